The first kappa shape index (κ1) is 18.6. The van der Waals surface area contributed by atoms with Gasteiger partial charge in [-0.1, -0.05) is 37.3 Å². The zero-order chi connectivity index (χ0) is 19.4. The number of fused-ring (bicyclic) bond motifs is 1. The Labute approximate surface area is 158 Å². The molecule has 140 valence electrons. The van der Waals surface area contributed by atoms with Crippen molar-refractivity contribution in [2.75, 3.05) is 0 Å². The molecule has 1 atom stereocenters. The zero-order valence-corrected chi connectivity index (χ0v) is 15.8. The first-order valence-electron chi connectivity index (χ1n) is 9.10. The molecule has 0 saturated carbocycles. The molecule has 3 rings (SSSR count). The van der Waals surface area contributed by atoms with Gasteiger partial charge in [0.25, 0.3) is 5.91 Å². The smallest absolute Gasteiger partial charge is 0.269 e. The van der Waals surface area contributed by atoms with Gasteiger partial charge in [0.1, 0.15) is 5.82 Å². The van der Waals surface area contributed by atoms with Crippen LogP contribution in [0.5, 0.6) is 0 Å². The topological polar surface area (TPSA) is 76.0 Å². The summed E-state index contributed by atoms with van der Waals surface area (Å²) in [6.07, 6.45) is 0.295. The van der Waals surface area contributed by atoms with Crippen molar-refractivity contribution in [3.8, 4) is 0 Å². The number of nitrogens with one attached hydrogen (secondary N) is 2. The van der Waals surface area contributed by atoms with Crippen LogP contribution in [0.4, 0.5) is 0 Å². The van der Waals surface area contributed by atoms with Crippen LogP contribution < -0.4 is 10.9 Å². The number of rotatable bonds is 5. The summed E-state index contributed by atoms with van der Waals surface area (Å²) in [4.78, 5) is 29.0. The van der Waals surface area contributed by atoms with E-state index < -0.39 is 0 Å². The Kier molecular flexibility index (Phi) is 5.54. The fraction of sp³-hybridized carbons (Fsp3) is 0.286. The molecule has 0 aliphatic carbocycles. The number of carbonyl (C=O) groups is 2. The maximum Gasteiger partial charge on any atom is 0.269 e. The summed E-state index contributed by atoms with van der Waals surface area (Å²) in [7, 11) is 0. The van der Waals surface area contributed by atoms with Gasteiger partial charge in [-0.15, -0.1) is 0 Å². The van der Waals surface area contributed by atoms with Crippen molar-refractivity contribution < 1.29 is 9.59 Å². The molecule has 27 heavy (non-hydrogen) atoms. The molecule has 1 aromatic heterocycles. The zero-order valence-electron chi connectivity index (χ0n) is 15.8. The maximum atomic E-state index is 12.3. The third-order valence-corrected chi connectivity index (χ3v) is 4.69. The van der Waals surface area contributed by atoms with E-state index in [2.05, 4.69) is 27.3 Å². The van der Waals surface area contributed by atoms with E-state index >= 15 is 0 Å². The molecule has 2 N–H and O–H groups in total. The van der Waals surface area contributed by atoms with Crippen LogP contribution in [0.2, 0.25) is 0 Å². The van der Waals surface area contributed by atoms with Gasteiger partial charge in [-0.05, 0) is 43.5 Å². The molecule has 6 heteroatoms. The van der Waals surface area contributed by atoms with Gasteiger partial charge in [0.05, 0.1) is 11.0 Å². The number of nitrogens with zero attached hydrogens (tertiary/aromatic N) is 2. The van der Waals surface area contributed by atoms with Crippen molar-refractivity contribution >= 4 is 22.8 Å². The van der Waals surface area contributed by atoms with E-state index in [-0.39, 0.29) is 17.7 Å². The minimum atomic E-state index is -0.360. The Bertz CT molecular complexity index is 963. The minimum Gasteiger partial charge on any atom is -0.329 e. The number of hydrogen-bond acceptors (Lipinski definition) is 3. The number of aromatic nitrogens is 2. The van der Waals surface area contributed by atoms with E-state index in [0.717, 1.165) is 29.0 Å². The van der Waals surface area contributed by atoms with E-state index in [4.69, 9.17) is 0 Å². The van der Waals surface area contributed by atoms with Crippen molar-refractivity contribution in [2.24, 2.45) is 0 Å². The molecule has 0 fully saturated rings. The highest BCUT2D eigenvalue weighted by atomic mass is 16.2. The molecular weight excluding hydrogens is 340 g/mol. The van der Waals surface area contributed by atoms with Gasteiger partial charge in [-0.2, -0.15) is 0 Å². The Balaban J connectivity index is 1.60. The molecule has 0 saturated heterocycles. The van der Waals surface area contributed by atoms with Crippen LogP contribution >= 0.6 is 0 Å². The average Bonchev–Trinajstić information content (AvgIpc) is 3.00. The highest BCUT2D eigenvalue weighted by Gasteiger charge is 2.14. The molecule has 2 amide bonds. The standard InChI is InChI=1S/C21H24N4O2/c1-4-25-15(3)22-18-13-17(10-11-19(18)25)21(27)24-23-20(26)12-14(2)16-8-6-5-7-9-16/h5-11,13-14H,4,12H2,1-3H3,(H,23,26)(H,24,27)/t14-/m0/s1. The number of amides is 2. The van der Waals surface area contributed by atoms with E-state index in [1.807, 2.05) is 50.2 Å². The largest absolute Gasteiger partial charge is 0.329 e. The van der Waals surface area contributed by atoms with E-state index in [9.17, 15) is 9.59 Å². The highest BCUT2D eigenvalue weighted by molar-refractivity contribution is 5.98. The molecule has 0 radical (unpaired) electrons. The molecular formula is C21H24N4O2. The predicted octanol–water partition coefficient (Wildman–Crippen LogP) is 3.32. The fourth-order valence-corrected chi connectivity index (χ4v) is 3.22. The molecule has 0 unspecified atom stereocenters. The molecule has 2 aromatic carbocycles. The molecule has 0 aliphatic rings. The predicted molar refractivity (Wildman–Crippen MR) is 105 cm³/mol. The van der Waals surface area contributed by atoms with Gasteiger partial charge in [0, 0.05) is 18.5 Å². The summed E-state index contributed by atoms with van der Waals surface area (Å²) < 4.78 is 2.09. The Hall–Kier alpha value is -3.15. The lowest BCUT2D eigenvalue weighted by Gasteiger charge is -2.12. The monoisotopic (exact) mass is 364 g/mol. The van der Waals surface area contributed by atoms with Gasteiger partial charge < -0.3 is 4.57 Å². The van der Waals surface area contributed by atoms with Crippen molar-refractivity contribution in [1.29, 1.82) is 0 Å². The third kappa shape index (κ3) is 4.16. The quantitative estimate of drug-likeness (QED) is 0.682. The SMILES string of the molecule is CCn1c(C)nc2cc(C(=O)NNC(=O)C[C@H](C)c3ccccc3)ccc21. The number of hydrazine groups is 1. The Morgan fingerprint density at radius 2 is 1.85 bits per heavy atom. The van der Waals surface area contributed by atoms with Gasteiger partial charge >= 0.3 is 0 Å². The van der Waals surface area contributed by atoms with Crippen molar-refractivity contribution in [1.82, 2.24) is 20.4 Å². The summed E-state index contributed by atoms with van der Waals surface area (Å²) in [6.45, 7) is 6.80. The van der Waals surface area contributed by atoms with Crippen LogP contribution in [0.15, 0.2) is 48.5 Å². The van der Waals surface area contributed by atoms with Crippen LogP contribution in [-0.4, -0.2) is 21.4 Å². The summed E-state index contributed by atoms with van der Waals surface area (Å²) in [6, 6.07) is 15.2. The lowest BCUT2D eigenvalue weighted by atomic mass is 9.98. The summed E-state index contributed by atoms with van der Waals surface area (Å²) in [5, 5.41) is 0. The Morgan fingerprint density at radius 1 is 1.11 bits per heavy atom. The number of imidazole rings is 1. The molecule has 0 aliphatic heterocycles. The molecule has 6 nitrogen and oxygen atoms in total. The molecule has 1 heterocycles. The first-order chi connectivity index (χ1) is 13.0. The first-order valence-corrected chi connectivity index (χ1v) is 9.10. The lowest BCUT2D eigenvalue weighted by molar-refractivity contribution is -0.122. The van der Waals surface area contributed by atoms with E-state index in [1.54, 1.807) is 12.1 Å². The van der Waals surface area contributed by atoms with E-state index in [0.29, 0.717) is 12.0 Å². The van der Waals surface area contributed by atoms with Crippen molar-refractivity contribution in [3.63, 3.8) is 0 Å². The number of aryl methyl sites for hydroxylation is 2. The second-order valence-electron chi connectivity index (χ2n) is 6.62. The van der Waals surface area contributed by atoms with Crippen molar-refractivity contribution in [2.45, 2.75) is 39.7 Å². The number of benzene rings is 2. The summed E-state index contributed by atoms with van der Waals surface area (Å²) >= 11 is 0. The van der Waals surface area contributed by atoms with Crippen LogP contribution in [-0.2, 0) is 11.3 Å². The van der Waals surface area contributed by atoms with Crippen LogP contribution in [0, 0.1) is 6.92 Å². The molecule has 0 bridgehead atoms. The second-order valence-corrected chi connectivity index (χ2v) is 6.62. The van der Waals surface area contributed by atoms with Crippen LogP contribution in [0.1, 0.15) is 47.9 Å². The summed E-state index contributed by atoms with van der Waals surface area (Å²) in [5.74, 6) is 0.391. The van der Waals surface area contributed by atoms with Gasteiger partial charge in [0.2, 0.25) is 5.91 Å². The average molecular weight is 364 g/mol. The third-order valence-electron chi connectivity index (χ3n) is 4.69. The molecule has 0 spiro atoms. The Morgan fingerprint density at radius 3 is 2.56 bits per heavy atom. The van der Waals surface area contributed by atoms with Gasteiger partial charge in [0.15, 0.2) is 0 Å². The maximum absolute atomic E-state index is 12.3. The number of hydrogen-bond donors (Lipinski definition) is 2. The summed E-state index contributed by atoms with van der Waals surface area (Å²) in [5.41, 5.74) is 8.29. The van der Waals surface area contributed by atoms with Gasteiger partial charge in [-0.3, -0.25) is 20.4 Å². The van der Waals surface area contributed by atoms with Crippen LogP contribution in [0.25, 0.3) is 11.0 Å². The molecule has 3 aromatic rings. The van der Waals surface area contributed by atoms with Gasteiger partial charge in [-0.25, -0.2) is 4.98 Å². The minimum absolute atomic E-state index is 0.0698. The van der Waals surface area contributed by atoms with E-state index in [1.165, 1.54) is 0 Å². The normalized spacial score (nSPS) is 12.0. The van der Waals surface area contributed by atoms with Crippen molar-refractivity contribution in [3.05, 3.63) is 65.5 Å². The lowest BCUT2D eigenvalue weighted by Crippen LogP contribution is -2.42. The van der Waals surface area contributed by atoms with Crippen LogP contribution in [0.3, 0.4) is 0 Å². The fourth-order valence-electron chi connectivity index (χ4n) is 3.22. The number of carbonyl (C=O) groups excluding carboxylic acids is 2. The second kappa shape index (κ2) is 8.03. The highest BCUT2D eigenvalue weighted by Crippen LogP contribution is 2.19.